The second kappa shape index (κ2) is 4.38. The van der Waals surface area contributed by atoms with Gasteiger partial charge in [-0.05, 0) is 37.1 Å². The first-order valence-corrected chi connectivity index (χ1v) is 7.72. The van der Waals surface area contributed by atoms with Gasteiger partial charge in [-0.15, -0.1) is 0 Å². The lowest BCUT2D eigenvalue weighted by atomic mass is 10.1. The van der Waals surface area contributed by atoms with E-state index in [1.165, 1.54) is 4.31 Å². The fourth-order valence-electron chi connectivity index (χ4n) is 2.61. The van der Waals surface area contributed by atoms with Crippen LogP contribution in [-0.2, 0) is 16.4 Å². The van der Waals surface area contributed by atoms with Crippen molar-refractivity contribution >= 4 is 15.7 Å². The van der Waals surface area contributed by atoms with Gasteiger partial charge in [0.15, 0.2) is 0 Å². The molecular weight excluding hydrogens is 258 g/mol. The maximum absolute atomic E-state index is 12.7. The van der Waals surface area contributed by atoms with Crippen molar-refractivity contribution in [1.82, 2.24) is 0 Å². The van der Waals surface area contributed by atoms with Gasteiger partial charge in [0, 0.05) is 6.04 Å². The molecule has 0 N–H and O–H groups in total. The van der Waals surface area contributed by atoms with Gasteiger partial charge in [-0.3, -0.25) is 4.31 Å². The Hall–Kier alpha value is -1.81. The van der Waals surface area contributed by atoms with Crippen molar-refractivity contribution in [3.8, 4) is 0 Å². The van der Waals surface area contributed by atoms with Gasteiger partial charge in [-0.2, -0.15) is 0 Å². The van der Waals surface area contributed by atoms with Crippen LogP contribution in [-0.4, -0.2) is 14.5 Å². The molecule has 1 aliphatic rings. The van der Waals surface area contributed by atoms with Crippen LogP contribution in [0, 0.1) is 0 Å². The second-order valence-electron chi connectivity index (χ2n) is 4.80. The summed E-state index contributed by atoms with van der Waals surface area (Å²) in [5.74, 6) is 0. The van der Waals surface area contributed by atoms with E-state index < -0.39 is 10.0 Å². The summed E-state index contributed by atoms with van der Waals surface area (Å²) in [7, 11) is -3.47. The summed E-state index contributed by atoms with van der Waals surface area (Å²) in [4.78, 5) is 0.346. The SMILES string of the molecule is C[C@H]1Cc2ccccc2N1S(=O)(=O)c1ccccc1. The summed E-state index contributed by atoms with van der Waals surface area (Å²) < 4.78 is 27.0. The van der Waals surface area contributed by atoms with Crippen LogP contribution in [0.2, 0.25) is 0 Å². The summed E-state index contributed by atoms with van der Waals surface area (Å²) in [5, 5.41) is 0. The number of rotatable bonds is 2. The first-order chi connectivity index (χ1) is 9.10. The summed E-state index contributed by atoms with van der Waals surface area (Å²) in [6.45, 7) is 1.94. The Morgan fingerprint density at radius 1 is 1.00 bits per heavy atom. The molecule has 2 aromatic rings. The van der Waals surface area contributed by atoms with Gasteiger partial charge < -0.3 is 0 Å². The number of hydrogen-bond acceptors (Lipinski definition) is 2. The normalized spacial score (nSPS) is 18.4. The van der Waals surface area contributed by atoms with Crippen molar-refractivity contribution in [3.05, 3.63) is 60.2 Å². The molecule has 0 bridgehead atoms. The number of anilines is 1. The first-order valence-electron chi connectivity index (χ1n) is 6.28. The van der Waals surface area contributed by atoms with E-state index >= 15 is 0 Å². The minimum Gasteiger partial charge on any atom is -0.263 e. The third-order valence-electron chi connectivity index (χ3n) is 3.44. The zero-order valence-electron chi connectivity index (χ0n) is 10.7. The lowest BCUT2D eigenvalue weighted by Gasteiger charge is -2.24. The van der Waals surface area contributed by atoms with Gasteiger partial charge in [0.25, 0.3) is 10.0 Å². The molecule has 19 heavy (non-hydrogen) atoms. The van der Waals surface area contributed by atoms with E-state index in [2.05, 4.69) is 0 Å². The molecular formula is C15H15NO2S. The maximum Gasteiger partial charge on any atom is 0.264 e. The predicted octanol–water partition coefficient (Wildman–Crippen LogP) is 2.83. The highest BCUT2D eigenvalue weighted by Gasteiger charge is 2.35. The Labute approximate surface area is 113 Å². The van der Waals surface area contributed by atoms with Gasteiger partial charge in [0.05, 0.1) is 10.6 Å². The molecule has 1 heterocycles. The molecule has 4 heteroatoms. The highest BCUT2D eigenvalue weighted by Crippen LogP contribution is 2.36. The Kier molecular flexibility index (Phi) is 2.82. The molecule has 3 rings (SSSR count). The minimum absolute atomic E-state index is 0.0393. The Balaban J connectivity index is 2.13. The van der Waals surface area contributed by atoms with Crippen LogP contribution in [0.3, 0.4) is 0 Å². The molecule has 0 saturated heterocycles. The largest absolute Gasteiger partial charge is 0.264 e. The van der Waals surface area contributed by atoms with Crippen LogP contribution in [0.4, 0.5) is 5.69 Å². The van der Waals surface area contributed by atoms with Crippen LogP contribution < -0.4 is 4.31 Å². The van der Waals surface area contributed by atoms with Crippen LogP contribution in [0.25, 0.3) is 0 Å². The smallest absolute Gasteiger partial charge is 0.263 e. The molecule has 0 amide bonds. The van der Waals surface area contributed by atoms with Crippen molar-refractivity contribution in [2.45, 2.75) is 24.3 Å². The Morgan fingerprint density at radius 3 is 2.37 bits per heavy atom. The lowest BCUT2D eigenvalue weighted by molar-refractivity contribution is 0.584. The zero-order valence-corrected chi connectivity index (χ0v) is 11.5. The summed E-state index contributed by atoms with van der Waals surface area (Å²) in [6, 6.07) is 16.3. The Bertz CT molecular complexity index is 695. The minimum atomic E-state index is -3.47. The molecule has 0 aromatic heterocycles. The van der Waals surface area contributed by atoms with Crippen molar-refractivity contribution in [2.75, 3.05) is 4.31 Å². The van der Waals surface area contributed by atoms with Crippen molar-refractivity contribution < 1.29 is 8.42 Å². The summed E-state index contributed by atoms with van der Waals surface area (Å²) in [5.41, 5.74) is 1.90. The number of hydrogen-bond donors (Lipinski definition) is 0. The van der Waals surface area contributed by atoms with Gasteiger partial charge in [-0.1, -0.05) is 36.4 Å². The fourth-order valence-corrected chi connectivity index (χ4v) is 4.32. The van der Waals surface area contributed by atoms with E-state index in [1.807, 2.05) is 37.3 Å². The molecule has 0 radical (unpaired) electrons. The number of para-hydroxylation sites is 1. The molecule has 98 valence electrons. The first kappa shape index (κ1) is 12.2. The van der Waals surface area contributed by atoms with Crippen molar-refractivity contribution in [3.63, 3.8) is 0 Å². The molecule has 3 nitrogen and oxygen atoms in total. The predicted molar refractivity (Wildman–Crippen MR) is 75.7 cm³/mol. The number of sulfonamides is 1. The number of benzene rings is 2. The van der Waals surface area contributed by atoms with Gasteiger partial charge >= 0.3 is 0 Å². The zero-order chi connectivity index (χ0) is 13.5. The standard InChI is InChI=1S/C15H15NO2S/c1-12-11-13-7-5-6-10-15(13)16(12)19(17,18)14-8-3-2-4-9-14/h2-10,12H,11H2,1H3/t12-/m0/s1. The van der Waals surface area contributed by atoms with Gasteiger partial charge in [-0.25, -0.2) is 8.42 Å². The monoisotopic (exact) mass is 273 g/mol. The van der Waals surface area contributed by atoms with Gasteiger partial charge in [0.2, 0.25) is 0 Å². The maximum atomic E-state index is 12.7. The third-order valence-corrected chi connectivity index (χ3v) is 5.39. The van der Waals surface area contributed by atoms with E-state index in [-0.39, 0.29) is 6.04 Å². The van der Waals surface area contributed by atoms with Crippen molar-refractivity contribution in [1.29, 1.82) is 0 Å². The molecule has 0 unspecified atom stereocenters. The average molecular weight is 273 g/mol. The molecule has 1 aliphatic heterocycles. The quantitative estimate of drug-likeness (QED) is 0.843. The molecule has 2 aromatic carbocycles. The van der Waals surface area contributed by atoms with Crippen LogP contribution in [0.1, 0.15) is 12.5 Å². The fraction of sp³-hybridized carbons (Fsp3) is 0.200. The van der Waals surface area contributed by atoms with Crippen LogP contribution in [0.15, 0.2) is 59.5 Å². The third kappa shape index (κ3) is 1.92. The Morgan fingerprint density at radius 2 is 1.63 bits per heavy atom. The number of nitrogens with zero attached hydrogens (tertiary/aromatic N) is 1. The van der Waals surface area contributed by atoms with E-state index in [0.717, 1.165) is 17.7 Å². The lowest BCUT2D eigenvalue weighted by Crippen LogP contribution is -2.35. The van der Waals surface area contributed by atoms with Crippen molar-refractivity contribution in [2.24, 2.45) is 0 Å². The van der Waals surface area contributed by atoms with Crippen LogP contribution >= 0.6 is 0 Å². The summed E-state index contributed by atoms with van der Waals surface area (Å²) in [6.07, 6.45) is 0.766. The molecule has 0 spiro atoms. The van der Waals surface area contributed by atoms with E-state index in [1.54, 1.807) is 24.3 Å². The van der Waals surface area contributed by atoms with Gasteiger partial charge in [0.1, 0.15) is 0 Å². The highest BCUT2D eigenvalue weighted by atomic mass is 32.2. The average Bonchev–Trinajstić information content (AvgIpc) is 2.76. The summed E-state index contributed by atoms with van der Waals surface area (Å²) >= 11 is 0. The number of fused-ring (bicyclic) bond motifs is 1. The van der Waals surface area contributed by atoms with E-state index in [9.17, 15) is 8.42 Å². The molecule has 0 aliphatic carbocycles. The van der Waals surface area contributed by atoms with E-state index in [0.29, 0.717) is 4.90 Å². The van der Waals surface area contributed by atoms with E-state index in [4.69, 9.17) is 0 Å². The van der Waals surface area contributed by atoms with Crippen LogP contribution in [0.5, 0.6) is 0 Å². The highest BCUT2D eigenvalue weighted by molar-refractivity contribution is 7.92. The molecule has 1 atom stereocenters. The molecule has 0 saturated carbocycles. The topological polar surface area (TPSA) is 37.4 Å². The second-order valence-corrected chi connectivity index (χ2v) is 6.61. The molecule has 0 fully saturated rings.